The van der Waals surface area contributed by atoms with Crippen molar-refractivity contribution in [3.05, 3.63) is 197 Å². The molecule has 0 fully saturated rings. The van der Waals surface area contributed by atoms with Gasteiger partial charge in [0, 0.05) is 16.9 Å². The van der Waals surface area contributed by atoms with Crippen molar-refractivity contribution < 1.29 is 0 Å². The third-order valence-electron chi connectivity index (χ3n) is 12.9. The van der Waals surface area contributed by atoms with Gasteiger partial charge in [-0.25, -0.2) is 0 Å². The maximum Gasteiger partial charge on any atom is 0.0726 e. The van der Waals surface area contributed by atoms with Crippen molar-refractivity contribution in [1.29, 1.82) is 0 Å². The topological polar surface area (TPSA) is 3.24 Å². The highest BCUT2D eigenvalue weighted by Gasteiger charge is 2.52. The number of hydrogen-bond acceptors (Lipinski definition) is 1. The van der Waals surface area contributed by atoms with Gasteiger partial charge in [-0.2, -0.15) is 0 Å². The van der Waals surface area contributed by atoms with Gasteiger partial charge in [0.15, 0.2) is 0 Å². The van der Waals surface area contributed by atoms with Crippen LogP contribution in [0, 0.1) is 6.92 Å². The van der Waals surface area contributed by atoms with E-state index in [-0.39, 0.29) is 10.8 Å². The summed E-state index contributed by atoms with van der Waals surface area (Å²) >= 11 is 0. The summed E-state index contributed by atoms with van der Waals surface area (Å²) in [4.78, 5) is 2.49. The molecule has 1 spiro atoms. The maximum absolute atomic E-state index is 2.57. The van der Waals surface area contributed by atoms with Gasteiger partial charge in [0.05, 0.1) is 11.1 Å². The summed E-state index contributed by atoms with van der Waals surface area (Å²) in [5, 5.41) is 0. The average Bonchev–Trinajstić information content (AvgIpc) is 3.64. The molecule has 1 heteroatoms. The molecule has 7 aromatic rings. The van der Waals surface area contributed by atoms with Gasteiger partial charge in [0.1, 0.15) is 0 Å². The molecule has 1 nitrogen and oxygen atoms in total. The van der Waals surface area contributed by atoms with E-state index in [0.717, 1.165) is 11.4 Å². The molecule has 0 saturated heterocycles. The molecule has 0 radical (unpaired) electrons. The van der Waals surface area contributed by atoms with Crippen LogP contribution in [0.1, 0.15) is 79.5 Å². The summed E-state index contributed by atoms with van der Waals surface area (Å²) in [5.74, 6) is 0. The highest BCUT2D eigenvalue weighted by molar-refractivity contribution is 6.00. The molecule has 0 heterocycles. The van der Waals surface area contributed by atoms with E-state index in [0.29, 0.717) is 0 Å². The molecule has 7 aromatic carbocycles. The number of para-hydroxylation sites is 2. The van der Waals surface area contributed by atoms with Crippen molar-refractivity contribution in [2.75, 3.05) is 4.90 Å². The Balaban J connectivity index is 1.36. The van der Waals surface area contributed by atoms with Gasteiger partial charge in [0.2, 0.25) is 0 Å². The van der Waals surface area contributed by atoms with Crippen LogP contribution in [0.4, 0.5) is 17.1 Å². The predicted molar refractivity (Wildman–Crippen MR) is 223 cm³/mol. The zero-order valence-corrected chi connectivity index (χ0v) is 31.4. The molecular formula is C52H45N. The largest absolute Gasteiger partial charge is 0.310 e. The molecule has 0 bridgehead atoms. The lowest BCUT2D eigenvalue weighted by atomic mass is 9.61. The fourth-order valence-corrected chi connectivity index (χ4v) is 10.4. The molecule has 0 unspecified atom stereocenters. The van der Waals surface area contributed by atoms with Gasteiger partial charge in [-0.3, -0.25) is 0 Å². The smallest absolute Gasteiger partial charge is 0.0726 e. The third-order valence-corrected chi connectivity index (χ3v) is 12.9. The van der Waals surface area contributed by atoms with Crippen molar-refractivity contribution in [3.8, 4) is 33.4 Å². The lowest BCUT2D eigenvalue weighted by Crippen LogP contribution is -2.34. The van der Waals surface area contributed by atoms with E-state index in [1.165, 1.54) is 90.9 Å². The zero-order chi connectivity index (χ0) is 36.1. The van der Waals surface area contributed by atoms with E-state index in [2.05, 4.69) is 197 Å². The van der Waals surface area contributed by atoms with Crippen LogP contribution < -0.4 is 4.90 Å². The van der Waals surface area contributed by atoms with Gasteiger partial charge < -0.3 is 4.90 Å². The molecule has 0 aliphatic heterocycles. The minimum Gasteiger partial charge on any atom is -0.310 e. The molecule has 53 heavy (non-hydrogen) atoms. The summed E-state index contributed by atoms with van der Waals surface area (Å²) in [7, 11) is 0. The minimum absolute atomic E-state index is 0.0916. The van der Waals surface area contributed by atoms with Crippen molar-refractivity contribution in [3.63, 3.8) is 0 Å². The van der Waals surface area contributed by atoms with Crippen molar-refractivity contribution in [2.24, 2.45) is 0 Å². The lowest BCUT2D eigenvalue weighted by Gasteiger charge is -2.43. The number of fused-ring (bicyclic) bond motifs is 11. The fourth-order valence-electron chi connectivity index (χ4n) is 10.4. The summed E-state index contributed by atoms with van der Waals surface area (Å²) < 4.78 is 0. The van der Waals surface area contributed by atoms with Gasteiger partial charge in [0.25, 0.3) is 0 Å². The normalized spacial score (nSPS) is 16.3. The van der Waals surface area contributed by atoms with Crippen LogP contribution in [0.25, 0.3) is 33.4 Å². The molecule has 3 aliphatic carbocycles. The second-order valence-corrected chi connectivity index (χ2v) is 16.7. The molecule has 0 saturated carbocycles. The highest BCUT2D eigenvalue weighted by Crippen LogP contribution is 2.64. The average molecular weight is 684 g/mol. The summed E-state index contributed by atoms with van der Waals surface area (Å²) in [5.41, 5.74) is 21.1. The van der Waals surface area contributed by atoms with Crippen LogP contribution in [0.2, 0.25) is 0 Å². The molecule has 0 N–H and O–H groups in total. The Bertz CT molecular complexity index is 2490. The van der Waals surface area contributed by atoms with Crippen molar-refractivity contribution in [1.82, 2.24) is 0 Å². The maximum atomic E-state index is 2.57. The quantitative estimate of drug-likeness (QED) is 0.178. The third kappa shape index (κ3) is 4.43. The van der Waals surface area contributed by atoms with Crippen LogP contribution in [-0.4, -0.2) is 0 Å². The molecule has 0 amide bonds. The van der Waals surface area contributed by atoms with Gasteiger partial charge in [-0.15, -0.1) is 0 Å². The zero-order valence-electron chi connectivity index (χ0n) is 31.4. The second-order valence-electron chi connectivity index (χ2n) is 16.7. The van der Waals surface area contributed by atoms with Crippen LogP contribution in [0.3, 0.4) is 0 Å². The minimum atomic E-state index is -0.428. The number of benzene rings is 7. The Kier molecular flexibility index (Phi) is 6.90. The Morgan fingerprint density at radius 1 is 0.396 bits per heavy atom. The first-order valence-corrected chi connectivity index (χ1v) is 19.2. The van der Waals surface area contributed by atoms with Gasteiger partial charge >= 0.3 is 0 Å². The van der Waals surface area contributed by atoms with Crippen LogP contribution in [-0.2, 0) is 16.2 Å². The summed E-state index contributed by atoms with van der Waals surface area (Å²) in [6.07, 6.45) is 2.39. The first-order chi connectivity index (χ1) is 25.7. The number of rotatable bonds is 4. The van der Waals surface area contributed by atoms with Crippen molar-refractivity contribution in [2.45, 2.75) is 63.7 Å². The molecule has 3 aliphatic rings. The first-order valence-electron chi connectivity index (χ1n) is 19.2. The van der Waals surface area contributed by atoms with E-state index >= 15 is 0 Å². The van der Waals surface area contributed by atoms with Crippen molar-refractivity contribution >= 4 is 17.1 Å². The molecule has 10 rings (SSSR count). The Hall–Kier alpha value is -5.66. The Morgan fingerprint density at radius 3 is 1.42 bits per heavy atom. The highest BCUT2D eigenvalue weighted by atomic mass is 15.1. The van der Waals surface area contributed by atoms with Gasteiger partial charge in [-0.1, -0.05) is 149 Å². The van der Waals surface area contributed by atoms with Crippen LogP contribution in [0.5, 0.6) is 0 Å². The number of hydrogen-bond donors (Lipinski definition) is 0. The molecular weight excluding hydrogens is 639 g/mol. The van der Waals surface area contributed by atoms with E-state index in [1.807, 2.05) is 0 Å². The Labute approximate surface area is 314 Å². The predicted octanol–water partition coefficient (Wildman–Crippen LogP) is 13.8. The van der Waals surface area contributed by atoms with E-state index < -0.39 is 5.41 Å². The molecule has 258 valence electrons. The van der Waals surface area contributed by atoms with Gasteiger partial charge in [-0.05, 0) is 134 Å². The summed E-state index contributed by atoms with van der Waals surface area (Å²) in [6, 6.07) is 59.3. The second kappa shape index (κ2) is 11.4. The molecule has 0 atom stereocenters. The standard InChI is InChI=1S/C52H45N/c1-34-37(28-29-46-49(34)51(4,5)31-30-50(46,2)3)42-32-41-40-24-14-17-27-45(40)52(43-25-15-12-22-38(43)39-23-13-16-26-44(39)52)47(41)33-48(42)53(35-18-8-6-9-19-35)36-20-10-7-11-21-36/h6-29,32-33H,30-31H2,1-5H3. The van der Waals surface area contributed by atoms with E-state index in [9.17, 15) is 0 Å². The first kappa shape index (κ1) is 32.0. The van der Waals surface area contributed by atoms with E-state index in [1.54, 1.807) is 0 Å². The SMILES string of the molecule is Cc1c(-c2cc3c(cc2N(c2ccccc2)c2ccccc2)C2(c4ccccc4-c4ccccc42)c2ccccc2-3)ccc2c1C(C)(C)CCC2(C)C. The lowest BCUT2D eigenvalue weighted by molar-refractivity contribution is 0.330. The molecule has 0 aromatic heterocycles. The van der Waals surface area contributed by atoms with Crippen LogP contribution in [0.15, 0.2) is 158 Å². The van der Waals surface area contributed by atoms with E-state index in [4.69, 9.17) is 0 Å². The monoisotopic (exact) mass is 683 g/mol. The van der Waals surface area contributed by atoms with Crippen LogP contribution >= 0.6 is 0 Å². The number of nitrogens with zero attached hydrogens (tertiary/aromatic N) is 1. The number of anilines is 3. The fraction of sp³-hybridized carbons (Fsp3) is 0.192. The Morgan fingerprint density at radius 2 is 0.868 bits per heavy atom. The summed E-state index contributed by atoms with van der Waals surface area (Å²) in [6.45, 7) is 12.2.